The lowest BCUT2D eigenvalue weighted by atomic mass is 9.96. The quantitative estimate of drug-likeness (QED) is 0.335. The summed E-state index contributed by atoms with van der Waals surface area (Å²) >= 11 is 1.09. The number of hydrogen-bond donors (Lipinski definition) is 1. The van der Waals surface area contributed by atoms with Crippen molar-refractivity contribution in [3.8, 4) is 5.75 Å². The van der Waals surface area contributed by atoms with Gasteiger partial charge in [-0.15, -0.1) is 0 Å². The van der Waals surface area contributed by atoms with Crippen molar-refractivity contribution < 1.29 is 22.7 Å². The first-order valence-corrected chi connectivity index (χ1v) is 12.5. The Morgan fingerprint density at radius 3 is 2.53 bits per heavy atom. The molecule has 2 aromatic heterocycles. The van der Waals surface area contributed by atoms with Gasteiger partial charge in [-0.2, -0.15) is 17.5 Å². The van der Waals surface area contributed by atoms with E-state index in [1.54, 1.807) is 37.1 Å². The number of aromatic nitrogens is 3. The van der Waals surface area contributed by atoms with E-state index in [0.717, 1.165) is 36.5 Å². The number of hydrogen-bond acceptors (Lipinski definition) is 7. The number of carbonyl (C=O) groups excluding carboxylic acids is 1. The molecule has 0 bridgehead atoms. The summed E-state index contributed by atoms with van der Waals surface area (Å²) in [4.78, 5) is 21.9. The second-order valence-electron chi connectivity index (χ2n) is 7.78. The Balaban J connectivity index is 0.00000222. The molecule has 0 spiro atoms. The Kier molecular flexibility index (Phi) is 10.6. The Hall–Kier alpha value is -3.21. The lowest BCUT2D eigenvalue weighted by molar-refractivity contribution is -0.129. The molecule has 1 fully saturated rings. The highest BCUT2D eigenvalue weighted by Crippen LogP contribution is 2.32. The van der Waals surface area contributed by atoms with Crippen LogP contribution in [0.1, 0.15) is 58.0 Å². The van der Waals surface area contributed by atoms with Crippen molar-refractivity contribution in [2.45, 2.75) is 59.6 Å². The van der Waals surface area contributed by atoms with Crippen LogP contribution >= 0.6 is 11.5 Å². The van der Waals surface area contributed by atoms with Gasteiger partial charge in [0.2, 0.25) is 11.0 Å². The molecule has 7 nitrogen and oxygen atoms in total. The highest BCUT2D eigenvalue weighted by molar-refractivity contribution is 7.09. The van der Waals surface area contributed by atoms with Crippen molar-refractivity contribution in [3.05, 3.63) is 65.6 Å². The number of aryl methyl sites for hydroxylation is 1. The number of rotatable bonds is 7. The Morgan fingerprint density at radius 1 is 1.31 bits per heavy atom. The maximum Gasteiger partial charge on any atom is 0.416 e. The van der Waals surface area contributed by atoms with Crippen molar-refractivity contribution in [2.75, 3.05) is 18.4 Å². The number of nitrogens with zero attached hydrogens (tertiary/aromatic N) is 4. The number of allylic oxidation sites excluding steroid dienone is 3. The first-order chi connectivity index (χ1) is 17.1. The second-order valence-corrected chi connectivity index (χ2v) is 8.53. The molecule has 1 aliphatic heterocycles. The van der Waals surface area contributed by atoms with E-state index in [1.807, 2.05) is 13.8 Å². The smallest absolute Gasteiger partial charge is 0.416 e. The molecule has 11 heteroatoms. The summed E-state index contributed by atoms with van der Waals surface area (Å²) in [6.45, 7) is 13.7. The molecule has 2 aromatic rings. The second kappa shape index (κ2) is 13.2. The number of halogens is 3. The van der Waals surface area contributed by atoms with Gasteiger partial charge < -0.3 is 15.0 Å². The number of ether oxygens (including phenoxy) is 1. The number of nitrogens with one attached hydrogen (secondary N) is 1. The average molecular weight is 524 g/mol. The summed E-state index contributed by atoms with van der Waals surface area (Å²) in [6, 6.07) is 3.24. The maximum absolute atomic E-state index is 13.4. The van der Waals surface area contributed by atoms with E-state index in [-0.39, 0.29) is 23.3 Å². The minimum Gasteiger partial charge on any atom is -0.453 e. The van der Waals surface area contributed by atoms with Crippen LogP contribution in [0.4, 0.5) is 18.3 Å². The number of piperidine rings is 1. The highest BCUT2D eigenvalue weighted by atomic mass is 32.1. The van der Waals surface area contributed by atoms with E-state index < -0.39 is 11.7 Å². The van der Waals surface area contributed by atoms with Crippen LogP contribution in [0, 0.1) is 6.92 Å². The Morgan fingerprint density at radius 2 is 1.97 bits per heavy atom. The zero-order chi connectivity index (χ0) is 26.9. The Labute approximate surface area is 214 Å². The van der Waals surface area contributed by atoms with Crippen molar-refractivity contribution >= 4 is 22.6 Å². The molecule has 36 heavy (non-hydrogen) atoms. The third-order valence-corrected chi connectivity index (χ3v) is 6.05. The topological polar surface area (TPSA) is 80.2 Å². The van der Waals surface area contributed by atoms with Crippen LogP contribution in [0.2, 0.25) is 0 Å². The van der Waals surface area contributed by atoms with E-state index in [1.165, 1.54) is 6.92 Å². The van der Waals surface area contributed by atoms with E-state index in [0.29, 0.717) is 35.5 Å². The fraction of sp³-hybridized carbons (Fsp3) is 0.440. The molecule has 0 atom stereocenters. The fourth-order valence-corrected chi connectivity index (χ4v) is 4.11. The third-order valence-electron chi connectivity index (χ3n) is 5.41. The van der Waals surface area contributed by atoms with Gasteiger partial charge in [-0.3, -0.25) is 9.78 Å². The van der Waals surface area contributed by atoms with Gasteiger partial charge in [-0.05, 0) is 44.9 Å². The van der Waals surface area contributed by atoms with Gasteiger partial charge in [-0.1, -0.05) is 26.5 Å². The highest BCUT2D eigenvalue weighted by Gasteiger charge is 2.32. The molecule has 0 radical (unpaired) electrons. The minimum absolute atomic E-state index is 0.0471. The molecule has 0 aromatic carbocycles. The molecular weight excluding hydrogens is 491 g/mol. The van der Waals surface area contributed by atoms with Crippen LogP contribution in [-0.4, -0.2) is 44.4 Å². The monoisotopic (exact) mass is 523 g/mol. The molecule has 3 heterocycles. The number of likely N-dealkylation sites (tertiary alicyclic amines) is 1. The van der Waals surface area contributed by atoms with Crippen LogP contribution in [0.15, 0.2) is 54.1 Å². The zero-order valence-electron chi connectivity index (χ0n) is 21.1. The molecule has 1 amide bonds. The molecule has 1 N–H and O–H groups in total. The first-order valence-electron chi connectivity index (χ1n) is 11.7. The summed E-state index contributed by atoms with van der Waals surface area (Å²) < 4.78 is 50.4. The van der Waals surface area contributed by atoms with Gasteiger partial charge in [-0.25, -0.2) is 4.98 Å². The normalized spacial score (nSPS) is 15.2. The van der Waals surface area contributed by atoms with E-state index in [4.69, 9.17) is 4.74 Å². The molecule has 0 saturated carbocycles. The Bertz CT molecular complexity index is 1100. The molecule has 0 aliphatic carbocycles. The van der Waals surface area contributed by atoms with Crippen LogP contribution in [0.5, 0.6) is 5.75 Å². The summed E-state index contributed by atoms with van der Waals surface area (Å²) in [5.74, 6) is 0.991. The van der Waals surface area contributed by atoms with Gasteiger partial charge in [0.25, 0.3) is 0 Å². The van der Waals surface area contributed by atoms with Gasteiger partial charge in [0, 0.05) is 43.7 Å². The predicted octanol–water partition coefficient (Wildman–Crippen LogP) is 6.39. The van der Waals surface area contributed by atoms with Gasteiger partial charge in [0.15, 0.2) is 5.76 Å². The van der Waals surface area contributed by atoms with Gasteiger partial charge in [0.05, 0.1) is 17.0 Å². The number of amides is 1. The SMILES string of the molecule is C=C(Nc1nc(C2CCN(C(C)=O)CC2)ns1)/C(=C\C(=C/C)C(F)(F)F)Oc1cccnc1C.CC. The lowest BCUT2D eigenvalue weighted by Gasteiger charge is -2.29. The molecular formula is C25H32F3N5O2S. The van der Waals surface area contributed by atoms with E-state index in [9.17, 15) is 18.0 Å². The number of carbonyl (C=O) groups is 1. The zero-order valence-corrected chi connectivity index (χ0v) is 22.0. The summed E-state index contributed by atoms with van der Waals surface area (Å²) in [7, 11) is 0. The van der Waals surface area contributed by atoms with Gasteiger partial charge in [0.1, 0.15) is 11.6 Å². The van der Waals surface area contributed by atoms with Crippen molar-refractivity contribution in [2.24, 2.45) is 0 Å². The number of alkyl halides is 3. The van der Waals surface area contributed by atoms with E-state index in [2.05, 4.69) is 26.2 Å². The van der Waals surface area contributed by atoms with Crippen molar-refractivity contribution in [1.29, 1.82) is 0 Å². The van der Waals surface area contributed by atoms with Crippen LogP contribution in [0.3, 0.4) is 0 Å². The van der Waals surface area contributed by atoms with Crippen molar-refractivity contribution in [3.63, 3.8) is 0 Å². The van der Waals surface area contributed by atoms with Gasteiger partial charge >= 0.3 is 6.18 Å². The standard InChI is InChI=1S/C23H26F3N5O2S.C2H6/c1-5-18(23(24,25)26)13-20(33-19-7-6-10-27-14(19)2)15(3)28-22-29-21(30-34-22)17-8-11-31(12-9-17)16(4)32;1-2/h5-7,10,13,17H,3,8-9,11-12H2,1-2,4H3,(H,28,29,30);1-2H3/b18-5+,20-13+;. The van der Waals surface area contributed by atoms with Crippen LogP contribution in [0.25, 0.3) is 0 Å². The van der Waals surface area contributed by atoms with E-state index >= 15 is 0 Å². The minimum atomic E-state index is -4.56. The maximum atomic E-state index is 13.4. The molecule has 196 valence electrons. The summed E-state index contributed by atoms with van der Waals surface area (Å²) in [6.07, 6.45) is 0.362. The fourth-order valence-electron chi connectivity index (χ4n) is 3.44. The van der Waals surface area contributed by atoms with Crippen LogP contribution < -0.4 is 10.1 Å². The predicted molar refractivity (Wildman–Crippen MR) is 136 cm³/mol. The van der Waals surface area contributed by atoms with Crippen LogP contribution in [-0.2, 0) is 4.79 Å². The first kappa shape index (κ1) is 29.0. The molecule has 1 aliphatic rings. The summed E-state index contributed by atoms with van der Waals surface area (Å²) in [5.41, 5.74) is -0.256. The molecule has 0 unspecified atom stereocenters. The third kappa shape index (κ3) is 7.91. The lowest BCUT2D eigenvalue weighted by Crippen LogP contribution is -2.36. The largest absolute Gasteiger partial charge is 0.453 e. The number of anilines is 1. The van der Waals surface area contributed by atoms with Crippen molar-refractivity contribution in [1.82, 2.24) is 19.2 Å². The molecule has 3 rings (SSSR count). The summed E-state index contributed by atoms with van der Waals surface area (Å²) in [5, 5.41) is 3.32. The molecule has 1 saturated heterocycles. The number of pyridine rings is 1. The average Bonchev–Trinajstić information content (AvgIpc) is 3.31.